The van der Waals surface area contributed by atoms with Crippen molar-refractivity contribution < 1.29 is 66.8 Å². The van der Waals surface area contributed by atoms with Gasteiger partial charge in [-0.3, -0.25) is 0 Å². The normalized spacial score (nSPS) is 11.4. The number of carboxylic acids is 1. The fourth-order valence-electron chi connectivity index (χ4n) is 2.91. The van der Waals surface area contributed by atoms with E-state index < -0.39 is 23.8 Å². The van der Waals surface area contributed by atoms with Crippen molar-refractivity contribution in [2.24, 2.45) is 0 Å². The van der Waals surface area contributed by atoms with Crippen LogP contribution < -0.4 is 44.1 Å². The van der Waals surface area contributed by atoms with Crippen LogP contribution in [0, 0.1) is 11.8 Å². The minimum atomic E-state index is -4.39. The van der Waals surface area contributed by atoms with Gasteiger partial charge in [0.2, 0.25) is 0 Å². The molecule has 3 aromatic carbocycles. The van der Waals surface area contributed by atoms with Crippen LogP contribution in [-0.4, -0.2) is 25.8 Å². The summed E-state index contributed by atoms with van der Waals surface area (Å²) in [5.41, 5.74) is 0.794. The Morgan fingerprint density at radius 3 is 1.97 bits per heavy atom. The molecule has 0 saturated heterocycles. The molecule has 0 fully saturated rings. The molecule has 5 nitrogen and oxygen atoms in total. The number of ether oxygens (including phenoxy) is 3. The fraction of sp³-hybridized carbons (Fsp3) is 0.192. The van der Waals surface area contributed by atoms with Gasteiger partial charge in [-0.1, -0.05) is 24.0 Å². The predicted octanol–water partition coefficient (Wildman–Crippen LogP) is 1.24. The number of alkyl halides is 3. The van der Waals surface area contributed by atoms with Gasteiger partial charge in [-0.2, -0.15) is 13.2 Å². The van der Waals surface area contributed by atoms with Gasteiger partial charge in [0.15, 0.2) is 0 Å². The van der Waals surface area contributed by atoms with Crippen molar-refractivity contribution in [3.05, 3.63) is 89.5 Å². The van der Waals surface area contributed by atoms with Gasteiger partial charge in [0.05, 0.1) is 11.5 Å². The number of rotatable bonds is 8. The summed E-state index contributed by atoms with van der Waals surface area (Å²) in [5, 5.41) is 10.9. The molecular formula is C26H20F3NaO5. The van der Waals surface area contributed by atoms with E-state index in [1.807, 2.05) is 0 Å². The molecule has 3 aromatic rings. The number of aliphatic carboxylic acids is 1. The third-order valence-corrected chi connectivity index (χ3v) is 4.71. The number of hydrogen-bond acceptors (Lipinski definition) is 5. The van der Waals surface area contributed by atoms with Crippen molar-refractivity contribution in [3.8, 4) is 29.1 Å². The van der Waals surface area contributed by atoms with Crippen molar-refractivity contribution in [3.63, 3.8) is 0 Å². The van der Waals surface area contributed by atoms with E-state index in [-0.39, 0.29) is 48.3 Å². The van der Waals surface area contributed by atoms with Crippen molar-refractivity contribution >= 4 is 5.97 Å². The van der Waals surface area contributed by atoms with Crippen LogP contribution in [0.5, 0.6) is 17.2 Å². The second-order valence-electron chi connectivity index (χ2n) is 7.13. The molecule has 176 valence electrons. The van der Waals surface area contributed by atoms with Gasteiger partial charge in [-0.05, 0) is 66.2 Å². The summed E-state index contributed by atoms with van der Waals surface area (Å²) in [6.45, 7) is 0.136. The average molecular weight is 492 g/mol. The Labute approximate surface area is 223 Å². The van der Waals surface area contributed by atoms with E-state index >= 15 is 0 Å². The molecule has 0 aliphatic carbocycles. The van der Waals surface area contributed by atoms with Gasteiger partial charge < -0.3 is 24.1 Å². The van der Waals surface area contributed by atoms with Gasteiger partial charge in [0.1, 0.15) is 30.0 Å². The van der Waals surface area contributed by atoms with E-state index in [0.717, 1.165) is 23.3 Å². The minimum absolute atomic E-state index is 0. The second-order valence-corrected chi connectivity index (χ2v) is 7.13. The summed E-state index contributed by atoms with van der Waals surface area (Å²) in [4.78, 5) is 10.9. The molecule has 35 heavy (non-hydrogen) atoms. The molecular weight excluding hydrogens is 472 g/mol. The first-order valence-corrected chi connectivity index (χ1v) is 10.1. The Morgan fingerprint density at radius 1 is 0.914 bits per heavy atom. The standard InChI is InChI=1S/C26H21F3O5.Na/c1-32-24(25(30)31)17-19-6-4-18(5-7-19)3-2-16-33-21-12-14-23(15-13-21)34-22-10-8-20(9-11-22)26(27,28)29;/h4-15,24H,16-17H2,1H3,(H,30,31);/q;+1/p-1/t24-;/m0./s1. The van der Waals surface area contributed by atoms with Gasteiger partial charge >= 0.3 is 35.7 Å². The van der Waals surface area contributed by atoms with E-state index in [1.54, 1.807) is 48.5 Å². The molecule has 0 radical (unpaired) electrons. The largest absolute Gasteiger partial charge is 1.00 e. The quantitative estimate of drug-likeness (QED) is 0.350. The van der Waals surface area contributed by atoms with E-state index in [0.29, 0.717) is 11.5 Å². The van der Waals surface area contributed by atoms with Crippen molar-refractivity contribution in [2.45, 2.75) is 18.7 Å². The zero-order valence-corrected chi connectivity index (χ0v) is 21.1. The maximum Gasteiger partial charge on any atom is 1.00 e. The molecule has 0 saturated carbocycles. The summed E-state index contributed by atoms with van der Waals surface area (Å²) < 4.78 is 53.8. The second kappa shape index (κ2) is 13.2. The number of halogens is 3. The maximum absolute atomic E-state index is 12.6. The maximum atomic E-state index is 12.6. The first kappa shape index (κ1) is 28.3. The molecule has 0 amide bonds. The van der Waals surface area contributed by atoms with Crippen LogP contribution in [-0.2, 0) is 22.1 Å². The van der Waals surface area contributed by atoms with E-state index in [2.05, 4.69) is 11.8 Å². The summed E-state index contributed by atoms with van der Waals surface area (Å²) in [7, 11) is 1.32. The smallest absolute Gasteiger partial charge is 0.547 e. The van der Waals surface area contributed by atoms with Crippen LogP contribution in [0.15, 0.2) is 72.8 Å². The summed E-state index contributed by atoms with van der Waals surface area (Å²) >= 11 is 0. The third-order valence-electron chi connectivity index (χ3n) is 4.71. The molecule has 0 spiro atoms. The zero-order valence-electron chi connectivity index (χ0n) is 19.1. The number of carbonyl (C=O) groups excluding carboxylic acids is 1. The molecule has 0 unspecified atom stereocenters. The molecule has 0 bridgehead atoms. The average Bonchev–Trinajstić information content (AvgIpc) is 2.82. The van der Waals surface area contributed by atoms with Crippen molar-refractivity contribution in [1.82, 2.24) is 0 Å². The Kier molecular flexibility index (Phi) is 10.7. The topological polar surface area (TPSA) is 67.8 Å². The molecule has 0 aliphatic heterocycles. The van der Waals surface area contributed by atoms with Crippen LogP contribution in [0.3, 0.4) is 0 Å². The van der Waals surface area contributed by atoms with E-state index in [9.17, 15) is 23.1 Å². The first-order chi connectivity index (χ1) is 16.2. The first-order valence-electron chi connectivity index (χ1n) is 10.1. The molecule has 0 aliphatic rings. The SMILES string of the molecule is CO[C@@H](Cc1ccc(C#CCOc2ccc(Oc3ccc(C(F)(F)F)cc3)cc2)cc1)C(=O)[O-].[Na+]. The number of carbonyl (C=O) groups is 1. The Morgan fingerprint density at radius 2 is 1.46 bits per heavy atom. The molecule has 3 rings (SSSR count). The van der Waals surface area contributed by atoms with Crippen molar-refractivity contribution in [2.75, 3.05) is 13.7 Å². The fourth-order valence-corrected chi connectivity index (χ4v) is 2.91. The number of methoxy groups -OCH3 is 1. The number of carboxylic acid groups (broad SMARTS) is 1. The van der Waals surface area contributed by atoms with E-state index in [4.69, 9.17) is 14.2 Å². The van der Waals surface area contributed by atoms with Crippen LogP contribution in [0.4, 0.5) is 13.2 Å². The van der Waals surface area contributed by atoms with Crippen LogP contribution in [0.1, 0.15) is 16.7 Å². The van der Waals surface area contributed by atoms with Crippen LogP contribution in [0.25, 0.3) is 0 Å². The molecule has 1 atom stereocenters. The van der Waals surface area contributed by atoms with Crippen LogP contribution >= 0.6 is 0 Å². The number of hydrogen-bond donors (Lipinski definition) is 0. The summed E-state index contributed by atoms with van der Waals surface area (Å²) in [6.07, 6.45) is -5.19. The van der Waals surface area contributed by atoms with E-state index in [1.165, 1.54) is 19.2 Å². The monoisotopic (exact) mass is 492 g/mol. The Bertz CT molecular complexity index is 1150. The third kappa shape index (κ3) is 8.96. The summed E-state index contributed by atoms with van der Waals surface area (Å²) in [6, 6.07) is 18.1. The minimum Gasteiger partial charge on any atom is -0.547 e. The molecule has 9 heteroatoms. The molecule has 0 heterocycles. The number of benzene rings is 3. The van der Waals surface area contributed by atoms with Gasteiger partial charge in [-0.15, -0.1) is 0 Å². The van der Waals surface area contributed by atoms with Gasteiger partial charge in [0.25, 0.3) is 0 Å². The zero-order chi connectivity index (χ0) is 24.6. The molecule has 0 N–H and O–H groups in total. The van der Waals surface area contributed by atoms with Gasteiger partial charge in [-0.25, -0.2) is 0 Å². The molecule has 0 aromatic heterocycles. The van der Waals surface area contributed by atoms with Gasteiger partial charge in [0, 0.05) is 19.1 Å². The predicted molar refractivity (Wildman–Crippen MR) is 116 cm³/mol. The van der Waals surface area contributed by atoms with Crippen molar-refractivity contribution in [1.29, 1.82) is 0 Å². The Hall–Kier alpha value is -2.96. The summed E-state index contributed by atoms with van der Waals surface area (Å²) in [5.74, 6) is 5.87. The van der Waals surface area contributed by atoms with Crippen LogP contribution in [0.2, 0.25) is 0 Å². The Balaban J connectivity index is 0.00000432.